The second-order valence-electron chi connectivity index (χ2n) is 7.81. The monoisotopic (exact) mass is 531 g/mol. The van der Waals surface area contributed by atoms with Crippen LogP contribution in [0.5, 0.6) is 17.2 Å². The minimum atomic E-state index is -0.532. The van der Waals surface area contributed by atoms with Gasteiger partial charge in [-0.3, -0.25) is 9.36 Å². The number of esters is 1. The predicted octanol–water partition coefficient (Wildman–Crippen LogP) is 4.05. The van der Waals surface area contributed by atoms with Crippen molar-refractivity contribution < 1.29 is 23.8 Å². The van der Waals surface area contributed by atoms with Gasteiger partial charge in [0, 0.05) is 5.69 Å². The molecule has 1 amide bonds. The van der Waals surface area contributed by atoms with E-state index in [9.17, 15) is 9.59 Å². The Labute approximate surface area is 223 Å². The highest BCUT2D eigenvalue weighted by atomic mass is 32.2. The Morgan fingerprint density at radius 3 is 2.45 bits per heavy atom. The van der Waals surface area contributed by atoms with Crippen LogP contribution in [-0.4, -0.2) is 52.8 Å². The van der Waals surface area contributed by atoms with E-state index >= 15 is 0 Å². The normalized spacial score (nSPS) is 10.8. The molecule has 0 aliphatic carbocycles. The first-order valence-corrected chi connectivity index (χ1v) is 12.4. The molecule has 4 aromatic rings. The molecule has 3 aromatic carbocycles. The standard InChI is InChI=1S/C27H25N5O5S/c1-18-29-31-27(32(18)21-7-5-4-6-8-21)38-17-25(33)30-28-16-19-9-14-23(24(15-19)36-3)37-26(34)20-10-12-22(35-2)13-11-20/h4-16H,17H2,1-3H3,(H,30,33)/b28-16-. The van der Waals surface area contributed by atoms with Gasteiger partial charge in [-0.2, -0.15) is 5.10 Å². The third-order valence-electron chi connectivity index (χ3n) is 5.26. The van der Waals surface area contributed by atoms with Crippen molar-refractivity contribution in [2.24, 2.45) is 5.10 Å². The lowest BCUT2D eigenvalue weighted by Gasteiger charge is -2.10. The Balaban J connectivity index is 1.33. The van der Waals surface area contributed by atoms with E-state index in [0.717, 1.165) is 11.5 Å². The number of hydrazone groups is 1. The number of methoxy groups -OCH3 is 2. The Morgan fingerprint density at radius 1 is 0.974 bits per heavy atom. The molecule has 194 valence electrons. The third-order valence-corrected chi connectivity index (χ3v) is 6.19. The van der Waals surface area contributed by atoms with E-state index in [0.29, 0.717) is 27.8 Å². The van der Waals surface area contributed by atoms with E-state index < -0.39 is 5.97 Å². The van der Waals surface area contributed by atoms with Crippen LogP contribution in [0.1, 0.15) is 21.7 Å². The Bertz CT molecular complexity index is 1440. The number of amides is 1. The van der Waals surface area contributed by atoms with Crippen LogP contribution in [0.4, 0.5) is 0 Å². The van der Waals surface area contributed by atoms with Gasteiger partial charge in [0.15, 0.2) is 16.7 Å². The number of hydrogen-bond acceptors (Lipinski definition) is 9. The number of aromatic nitrogens is 3. The zero-order valence-electron chi connectivity index (χ0n) is 21.0. The van der Waals surface area contributed by atoms with Crippen molar-refractivity contribution >= 4 is 29.9 Å². The number of para-hydroxylation sites is 1. The van der Waals surface area contributed by atoms with E-state index in [-0.39, 0.29) is 17.4 Å². The summed E-state index contributed by atoms with van der Waals surface area (Å²) in [6, 6.07) is 21.2. The molecule has 0 aliphatic heterocycles. The highest BCUT2D eigenvalue weighted by Gasteiger charge is 2.14. The van der Waals surface area contributed by atoms with Crippen molar-refractivity contribution in [1.29, 1.82) is 0 Å². The molecule has 0 unspecified atom stereocenters. The summed E-state index contributed by atoms with van der Waals surface area (Å²) in [7, 11) is 3.02. The summed E-state index contributed by atoms with van der Waals surface area (Å²) >= 11 is 1.26. The fourth-order valence-electron chi connectivity index (χ4n) is 3.39. The number of aryl methyl sites for hydroxylation is 1. The van der Waals surface area contributed by atoms with E-state index in [1.165, 1.54) is 25.1 Å². The van der Waals surface area contributed by atoms with Crippen molar-refractivity contribution in [3.63, 3.8) is 0 Å². The highest BCUT2D eigenvalue weighted by Crippen LogP contribution is 2.28. The summed E-state index contributed by atoms with van der Waals surface area (Å²) < 4.78 is 17.8. The molecule has 1 aromatic heterocycles. The molecular weight excluding hydrogens is 506 g/mol. The number of thioether (sulfide) groups is 1. The maximum Gasteiger partial charge on any atom is 0.343 e. The summed E-state index contributed by atoms with van der Waals surface area (Å²) in [6.07, 6.45) is 1.47. The maximum atomic E-state index is 12.5. The van der Waals surface area contributed by atoms with Gasteiger partial charge in [0.2, 0.25) is 0 Å². The zero-order chi connectivity index (χ0) is 26.9. The number of rotatable bonds is 10. The lowest BCUT2D eigenvalue weighted by molar-refractivity contribution is -0.118. The van der Waals surface area contributed by atoms with E-state index in [4.69, 9.17) is 14.2 Å². The molecule has 1 heterocycles. The van der Waals surface area contributed by atoms with Crippen LogP contribution in [0.2, 0.25) is 0 Å². The minimum Gasteiger partial charge on any atom is -0.497 e. The van der Waals surface area contributed by atoms with Gasteiger partial charge >= 0.3 is 5.97 Å². The fraction of sp³-hybridized carbons (Fsp3) is 0.148. The summed E-state index contributed by atoms with van der Waals surface area (Å²) in [5.41, 5.74) is 4.43. The molecule has 0 bridgehead atoms. The van der Waals surface area contributed by atoms with Gasteiger partial charge in [0.25, 0.3) is 5.91 Å². The first-order chi connectivity index (χ1) is 18.5. The van der Waals surface area contributed by atoms with Crippen molar-refractivity contribution in [2.75, 3.05) is 20.0 Å². The van der Waals surface area contributed by atoms with Gasteiger partial charge < -0.3 is 14.2 Å². The topological polar surface area (TPSA) is 117 Å². The average molecular weight is 532 g/mol. The van der Waals surface area contributed by atoms with Crippen LogP contribution in [0.15, 0.2) is 83.1 Å². The number of carbonyl (C=O) groups excluding carboxylic acids is 2. The van der Waals surface area contributed by atoms with Crippen molar-refractivity contribution in [3.8, 4) is 22.9 Å². The van der Waals surface area contributed by atoms with Crippen LogP contribution in [0.3, 0.4) is 0 Å². The van der Waals surface area contributed by atoms with Gasteiger partial charge in [0.1, 0.15) is 11.6 Å². The average Bonchev–Trinajstić information content (AvgIpc) is 3.33. The second-order valence-corrected chi connectivity index (χ2v) is 8.75. The molecule has 4 rings (SSSR count). The van der Waals surface area contributed by atoms with Crippen LogP contribution in [0.25, 0.3) is 5.69 Å². The number of nitrogens with zero attached hydrogens (tertiary/aromatic N) is 4. The minimum absolute atomic E-state index is 0.103. The quantitative estimate of drug-likeness (QED) is 0.107. The lowest BCUT2D eigenvalue weighted by atomic mass is 10.2. The smallest absolute Gasteiger partial charge is 0.343 e. The van der Waals surface area contributed by atoms with Gasteiger partial charge in [-0.1, -0.05) is 30.0 Å². The lowest BCUT2D eigenvalue weighted by Crippen LogP contribution is -2.20. The van der Waals surface area contributed by atoms with Crippen molar-refractivity contribution in [2.45, 2.75) is 12.1 Å². The van der Waals surface area contributed by atoms with Crippen molar-refractivity contribution in [3.05, 3.63) is 89.7 Å². The zero-order valence-corrected chi connectivity index (χ0v) is 21.8. The number of carbonyl (C=O) groups is 2. The van der Waals surface area contributed by atoms with E-state index in [1.807, 2.05) is 41.8 Å². The molecule has 0 radical (unpaired) electrons. The number of benzene rings is 3. The van der Waals surface area contributed by atoms with Crippen LogP contribution in [0, 0.1) is 6.92 Å². The molecule has 1 N–H and O–H groups in total. The van der Waals surface area contributed by atoms with Gasteiger partial charge in [-0.25, -0.2) is 10.2 Å². The van der Waals surface area contributed by atoms with Gasteiger partial charge in [0.05, 0.1) is 31.8 Å². The van der Waals surface area contributed by atoms with Gasteiger partial charge in [-0.05, 0) is 67.1 Å². The number of ether oxygens (including phenoxy) is 3. The molecule has 0 fully saturated rings. The Kier molecular flexibility index (Phi) is 8.73. The van der Waals surface area contributed by atoms with E-state index in [2.05, 4.69) is 20.7 Å². The largest absolute Gasteiger partial charge is 0.497 e. The third kappa shape index (κ3) is 6.56. The first-order valence-electron chi connectivity index (χ1n) is 11.4. The molecule has 38 heavy (non-hydrogen) atoms. The summed E-state index contributed by atoms with van der Waals surface area (Å²) in [6.45, 7) is 1.86. The van der Waals surface area contributed by atoms with Crippen LogP contribution >= 0.6 is 11.8 Å². The first kappa shape index (κ1) is 26.4. The second kappa shape index (κ2) is 12.5. The van der Waals surface area contributed by atoms with Crippen molar-refractivity contribution in [1.82, 2.24) is 20.2 Å². The summed E-state index contributed by atoms with van der Waals surface area (Å²) in [5.74, 6) is 1.23. The Morgan fingerprint density at radius 2 is 1.74 bits per heavy atom. The molecule has 10 nitrogen and oxygen atoms in total. The summed E-state index contributed by atoms with van der Waals surface area (Å²) in [5, 5.41) is 12.9. The molecule has 11 heteroatoms. The maximum absolute atomic E-state index is 12.5. The molecule has 0 saturated heterocycles. The predicted molar refractivity (Wildman–Crippen MR) is 144 cm³/mol. The fourth-order valence-corrected chi connectivity index (χ4v) is 4.18. The van der Waals surface area contributed by atoms with Crippen LogP contribution < -0.4 is 19.6 Å². The number of hydrogen-bond donors (Lipinski definition) is 1. The van der Waals surface area contributed by atoms with Crippen LogP contribution in [-0.2, 0) is 4.79 Å². The Hall–Kier alpha value is -4.64. The molecule has 0 spiro atoms. The van der Waals surface area contributed by atoms with E-state index in [1.54, 1.807) is 49.6 Å². The highest BCUT2D eigenvalue weighted by molar-refractivity contribution is 7.99. The SMILES string of the molecule is COc1ccc(C(=O)Oc2ccc(/C=N\NC(=O)CSc3nnc(C)n3-c3ccccc3)cc2OC)cc1. The number of nitrogens with one attached hydrogen (secondary N) is 1. The summed E-state index contributed by atoms with van der Waals surface area (Å²) in [4.78, 5) is 24.8. The molecule has 0 saturated carbocycles. The molecule has 0 atom stereocenters. The van der Waals surface area contributed by atoms with Gasteiger partial charge in [-0.15, -0.1) is 10.2 Å². The molecule has 0 aliphatic rings. The molecular formula is C27H25N5O5S.